The summed E-state index contributed by atoms with van der Waals surface area (Å²) in [7, 11) is 0. The van der Waals surface area contributed by atoms with Gasteiger partial charge >= 0.3 is 0 Å². The fourth-order valence-corrected chi connectivity index (χ4v) is 4.10. The monoisotopic (exact) mass is 459 g/mol. The average Bonchev–Trinajstić information content (AvgIpc) is 2.83. The van der Waals surface area contributed by atoms with Crippen molar-refractivity contribution in [2.45, 2.75) is 32.6 Å². The highest BCUT2D eigenvalue weighted by Crippen LogP contribution is 2.26. The molecule has 34 heavy (non-hydrogen) atoms. The van der Waals surface area contributed by atoms with Crippen LogP contribution in [0.2, 0.25) is 0 Å². The Morgan fingerprint density at radius 1 is 0.765 bits per heavy atom. The lowest BCUT2D eigenvalue weighted by Gasteiger charge is -2.11. The van der Waals surface area contributed by atoms with Crippen LogP contribution in [0.5, 0.6) is 5.75 Å². The molecule has 0 spiro atoms. The number of nitrogens with zero attached hydrogens (tertiary/aromatic N) is 1. The number of benzene rings is 4. The van der Waals surface area contributed by atoms with E-state index in [0.717, 1.165) is 16.5 Å². The van der Waals surface area contributed by atoms with Crippen LogP contribution in [0.4, 0.5) is 13.2 Å². The lowest BCUT2D eigenvalue weighted by Crippen LogP contribution is -2.01. The predicted molar refractivity (Wildman–Crippen MR) is 127 cm³/mol. The Morgan fingerprint density at radius 3 is 2.12 bits per heavy atom. The summed E-state index contributed by atoms with van der Waals surface area (Å²) >= 11 is 0. The van der Waals surface area contributed by atoms with Gasteiger partial charge in [-0.3, -0.25) is 0 Å². The van der Waals surface area contributed by atoms with Crippen LogP contribution in [0.3, 0.4) is 0 Å². The van der Waals surface area contributed by atoms with Crippen molar-refractivity contribution in [3.63, 3.8) is 0 Å². The zero-order chi connectivity index (χ0) is 24.1. The molecule has 0 aromatic heterocycles. The zero-order valence-corrected chi connectivity index (χ0v) is 18.9. The van der Waals surface area contributed by atoms with Gasteiger partial charge in [0.15, 0.2) is 0 Å². The first kappa shape index (κ1) is 23.4. The maximum atomic E-state index is 15.1. The van der Waals surface area contributed by atoms with Crippen molar-refractivity contribution < 1.29 is 17.9 Å². The van der Waals surface area contributed by atoms with Gasteiger partial charge < -0.3 is 4.74 Å². The molecule has 4 rings (SSSR count). The Balaban J connectivity index is 1.46. The summed E-state index contributed by atoms with van der Waals surface area (Å²) < 4.78 is 49.0. The van der Waals surface area contributed by atoms with Gasteiger partial charge in [-0.1, -0.05) is 42.5 Å². The zero-order valence-electron chi connectivity index (χ0n) is 18.9. The second-order valence-electron chi connectivity index (χ2n) is 8.20. The summed E-state index contributed by atoms with van der Waals surface area (Å²) in [6.07, 6.45) is 1.84. The van der Waals surface area contributed by atoms with E-state index in [-0.39, 0.29) is 23.6 Å². The van der Waals surface area contributed by atoms with Crippen LogP contribution in [-0.4, -0.2) is 6.61 Å². The van der Waals surface area contributed by atoms with E-state index in [2.05, 4.69) is 6.07 Å². The molecule has 0 bridgehead atoms. The lowest BCUT2D eigenvalue weighted by atomic mass is 9.97. The van der Waals surface area contributed by atoms with Crippen LogP contribution in [0.15, 0.2) is 66.7 Å². The molecule has 0 aliphatic carbocycles. The maximum absolute atomic E-state index is 15.1. The second kappa shape index (κ2) is 10.4. The van der Waals surface area contributed by atoms with Crippen molar-refractivity contribution >= 4 is 10.8 Å². The first-order valence-corrected chi connectivity index (χ1v) is 11.3. The van der Waals surface area contributed by atoms with Gasteiger partial charge in [-0.15, -0.1) is 0 Å². The normalized spacial score (nSPS) is 10.9. The molecule has 4 aromatic carbocycles. The molecule has 0 fully saturated rings. The van der Waals surface area contributed by atoms with Crippen LogP contribution in [-0.2, 0) is 25.7 Å². The Bertz CT molecular complexity index is 1330. The molecular formula is C29H24F3NO. The summed E-state index contributed by atoms with van der Waals surface area (Å²) in [5, 5.41) is 10.2. The van der Waals surface area contributed by atoms with Crippen molar-refractivity contribution in [3.05, 3.63) is 112 Å². The van der Waals surface area contributed by atoms with Gasteiger partial charge in [-0.25, -0.2) is 13.2 Å². The number of hydrogen-bond donors (Lipinski definition) is 0. The fourth-order valence-electron chi connectivity index (χ4n) is 4.10. The first-order valence-electron chi connectivity index (χ1n) is 11.3. The smallest absolute Gasteiger partial charge is 0.134 e. The average molecular weight is 460 g/mol. The van der Waals surface area contributed by atoms with Crippen molar-refractivity contribution in [1.29, 1.82) is 5.26 Å². The maximum Gasteiger partial charge on any atom is 0.134 e. The molecule has 0 heterocycles. The van der Waals surface area contributed by atoms with Gasteiger partial charge in [-0.05, 0) is 66.8 Å². The molecule has 0 saturated heterocycles. The topological polar surface area (TPSA) is 33.0 Å². The van der Waals surface area contributed by atoms with E-state index in [1.54, 1.807) is 37.3 Å². The molecule has 172 valence electrons. The van der Waals surface area contributed by atoms with Gasteiger partial charge in [0.1, 0.15) is 23.2 Å². The van der Waals surface area contributed by atoms with Crippen LogP contribution in [0.1, 0.15) is 34.7 Å². The second-order valence-corrected chi connectivity index (χ2v) is 8.20. The summed E-state index contributed by atoms with van der Waals surface area (Å²) in [6.45, 7) is 2.09. The summed E-state index contributed by atoms with van der Waals surface area (Å²) in [6, 6.07) is 20.9. The number of aryl methyl sites for hydroxylation is 3. The van der Waals surface area contributed by atoms with E-state index in [0.29, 0.717) is 42.4 Å². The Labute approximate surface area is 197 Å². The van der Waals surface area contributed by atoms with E-state index < -0.39 is 11.6 Å². The minimum absolute atomic E-state index is 0.0212. The largest absolute Gasteiger partial charge is 0.494 e. The molecule has 0 saturated carbocycles. The van der Waals surface area contributed by atoms with E-state index in [1.165, 1.54) is 12.1 Å². The number of halogens is 3. The molecule has 4 aromatic rings. The van der Waals surface area contributed by atoms with E-state index in [1.807, 2.05) is 24.3 Å². The Hall–Kier alpha value is -3.78. The molecule has 0 N–H and O–H groups in total. The highest BCUT2D eigenvalue weighted by molar-refractivity contribution is 5.84. The SMILES string of the molecule is CCOc1cc(F)c(CCc2ccc3c(F)c(CCc4ccc(C#N)cc4)ccc3c2)c(F)c1. The number of fused-ring (bicyclic) bond motifs is 1. The molecule has 0 aliphatic heterocycles. The molecule has 0 atom stereocenters. The number of hydrogen-bond acceptors (Lipinski definition) is 2. The standard InChI is InChI=1S/C29H24F3NO/c1-2-34-24-16-27(30)26(28(31)17-24)14-9-20-8-13-25-23(15-20)12-11-22(29(25)32)10-7-19-3-5-21(18-33)6-4-19/h3-6,8,11-13,15-17H,2,7,9-10,14H2,1H3. The van der Waals surface area contributed by atoms with Gasteiger partial charge in [0.05, 0.1) is 18.2 Å². The third kappa shape index (κ3) is 5.23. The quantitative estimate of drug-likeness (QED) is 0.282. The number of rotatable bonds is 8. The highest BCUT2D eigenvalue weighted by atomic mass is 19.1. The van der Waals surface area contributed by atoms with Gasteiger partial charge in [0, 0.05) is 23.1 Å². The summed E-state index contributed by atoms with van der Waals surface area (Å²) in [5.41, 5.74) is 3.17. The highest BCUT2D eigenvalue weighted by Gasteiger charge is 2.13. The Morgan fingerprint density at radius 2 is 1.44 bits per heavy atom. The van der Waals surface area contributed by atoms with Crippen molar-refractivity contribution in [2.24, 2.45) is 0 Å². The van der Waals surface area contributed by atoms with Crippen molar-refractivity contribution in [3.8, 4) is 11.8 Å². The Kier molecular flexibility index (Phi) is 7.18. The van der Waals surface area contributed by atoms with Crippen molar-refractivity contribution in [2.75, 3.05) is 6.61 Å². The lowest BCUT2D eigenvalue weighted by molar-refractivity contribution is 0.335. The molecule has 0 amide bonds. The molecule has 0 radical (unpaired) electrons. The van der Waals surface area contributed by atoms with Gasteiger partial charge in [0.2, 0.25) is 0 Å². The first-order chi connectivity index (χ1) is 16.5. The van der Waals surface area contributed by atoms with Gasteiger partial charge in [0.25, 0.3) is 0 Å². The van der Waals surface area contributed by atoms with Crippen LogP contribution in [0.25, 0.3) is 10.8 Å². The molecule has 0 aliphatic rings. The third-order valence-electron chi connectivity index (χ3n) is 5.95. The van der Waals surface area contributed by atoms with Gasteiger partial charge in [-0.2, -0.15) is 5.26 Å². The molecule has 0 unspecified atom stereocenters. The van der Waals surface area contributed by atoms with E-state index in [4.69, 9.17) is 10.00 Å². The molecular weight excluding hydrogens is 435 g/mol. The molecule has 2 nitrogen and oxygen atoms in total. The molecule has 5 heteroatoms. The number of nitriles is 1. The van der Waals surface area contributed by atoms with E-state index >= 15 is 4.39 Å². The summed E-state index contributed by atoms with van der Waals surface area (Å²) in [4.78, 5) is 0. The fraction of sp³-hybridized carbons (Fsp3) is 0.207. The van der Waals surface area contributed by atoms with Crippen molar-refractivity contribution in [1.82, 2.24) is 0 Å². The van der Waals surface area contributed by atoms with Crippen LogP contribution >= 0.6 is 0 Å². The number of ether oxygens (including phenoxy) is 1. The minimum atomic E-state index is -0.623. The minimum Gasteiger partial charge on any atom is -0.494 e. The summed E-state index contributed by atoms with van der Waals surface area (Å²) in [5.74, 6) is -1.32. The van der Waals surface area contributed by atoms with Crippen LogP contribution in [0, 0.1) is 28.8 Å². The third-order valence-corrected chi connectivity index (χ3v) is 5.95. The predicted octanol–water partition coefficient (Wildman–Crippen LogP) is 7.10. The van der Waals surface area contributed by atoms with Crippen LogP contribution < -0.4 is 4.74 Å². The van der Waals surface area contributed by atoms with E-state index in [9.17, 15) is 8.78 Å².